The molecule has 148 valence electrons. The van der Waals surface area contributed by atoms with E-state index in [-0.39, 0.29) is 11.3 Å². The summed E-state index contributed by atoms with van der Waals surface area (Å²) in [6.45, 7) is 0. The molecule has 0 heterocycles. The Morgan fingerprint density at radius 3 is 2.18 bits per heavy atom. The van der Waals surface area contributed by atoms with E-state index < -0.39 is 34.0 Å². The van der Waals surface area contributed by atoms with Gasteiger partial charge in [-0.25, -0.2) is 18.0 Å². The van der Waals surface area contributed by atoms with Crippen molar-refractivity contribution in [3.05, 3.63) is 65.7 Å². The van der Waals surface area contributed by atoms with E-state index in [2.05, 4.69) is 15.4 Å². The molecular weight excluding hydrogens is 386 g/mol. The molecule has 2 aromatic carbocycles. The number of rotatable bonds is 6. The van der Waals surface area contributed by atoms with Crippen molar-refractivity contribution in [2.24, 2.45) is 0 Å². The van der Waals surface area contributed by atoms with Gasteiger partial charge in [-0.1, -0.05) is 42.5 Å². The Balaban J connectivity index is 2.33. The van der Waals surface area contributed by atoms with Gasteiger partial charge >= 0.3 is 12.0 Å². The van der Waals surface area contributed by atoms with Gasteiger partial charge in [-0.3, -0.25) is 14.8 Å². The van der Waals surface area contributed by atoms with Gasteiger partial charge in [0.05, 0.1) is 17.5 Å². The molecule has 0 bridgehead atoms. The maximum absolute atomic E-state index is 12.7. The van der Waals surface area contributed by atoms with Gasteiger partial charge in [-0.15, -0.1) is 0 Å². The second-order valence-corrected chi connectivity index (χ2v) is 7.43. The fourth-order valence-corrected chi connectivity index (χ4v) is 2.84. The normalized spacial score (nSPS) is 11.8. The van der Waals surface area contributed by atoms with Crippen LogP contribution in [0.5, 0.6) is 0 Å². The number of sulfonamides is 1. The highest BCUT2D eigenvalue weighted by atomic mass is 32.2. The third-order valence-corrected chi connectivity index (χ3v) is 4.06. The number of ether oxygens (including phenoxy) is 1. The van der Waals surface area contributed by atoms with E-state index in [1.54, 1.807) is 30.3 Å². The summed E-state index contributed by atoms with van der Waals surface area (Å²) in [6.07, 6.45) is -0.476. The van der Waals surface area contributed by atoms with Crippen LogP contribution < -0.4 is 15.4 Å². The Hall–Kier alpha value is -3.40. The lowest BCUT2D eigenvalue weighted by molar-refractivity contribution is -0.129. The first-order chi connectivity index (χ1) is 13.2. The van der Waals surface area contributed by atoms with Crippen molar-refractivity contribution in [2.45, 2.75) is 6.10 Å². The number of hydrogen-bond acceptors (Lipinski definition) is 6. The predicted octanol–water partition coefficient (Wildman–Crippen LogP) is 1.41. The van der Waals surface area contributed by atoms with Gasteiger partial charge in [0.2, 0.25) is 16.1 Å². The number of hydrogen-bond donors (Lipinski definition) is 3. The molecule has 0 aliphatic carbocycles. The topological polar surface area (TPSA) is 131 Å². The third-order valence-electron chi connectivity index (χ3n) is 3.47. The monoisotopic (exact) mass is 405 g/mol. The molecule has 3 amide bonds. The number of nitrogens with one attached hydrogen (secondary N) is 3. The zero-order chi connectivity index (χ0) is 20.7. The van der Waals surface area contributed by atoms with Crippen molar-refractivity contribution in [1.82, 2.24) is 10.6 Å². The molecule has 0 fully saturated rings. The summed E-state index contributed by atoms with van der Waals surface area (Å²) >= 11 is 0. The maximum Gasteiger partial charge on any atom is 0.341 e. The Kier molecular flexibility index (Phi) is 6.72. The quantitative estimate of drug-likeness (QED) is 0.623. The van der Waals surface area contributed by atoms with Gasteiger partial charge in [0, 0.05) is 12.6 Å². The van der Waals surface area contributed by atoms with Crippen LogP contribution in [-0.4, -0.2) is 39.6 Å². The standard InChI is InChI=1S/C18H19N3O6S/c1-19-18(24)20-16(22)15(12-8-4-3-5-9-12)27-17(23)13-10-6-7-11-14(13)21-28(2,25)26/h3-11,15,21H,1-2H3,(H2,19,20,22,24). The zero-order valence-electron chi connectivity index (χ0n) is 15.1. The number of carbonyl (C=O) groups excluding carboxylic acids is 3. The SMILES string of the molecule is CNC(=O)NC(=O)C(OC(=O)c1ccccc1NS(C)(=O)=O)c1ccccc1. The minimum atomic E-state index is -3.64. The van der Waals surface area contributed by atoms with Gasteiger partial charge < -0.3 is 10.1 Å². The second-order valence-electron chi connectivity index (χ2n) is 5.68. The van der Waals surface area contributed by atoms with Crippen LogP contribution >= 0.6 is 0 Å². The van der Waals surface area contributed by atoms with Crippen molar-refractivity contribution in [2.75, 3.05) is 18.0 Å². The summed E-state index contributed by atoms with van der Waals surface area (Å²) in [7, 11) is -2.31. The van der Waals surface area contributed by atoms with Gasteiger partial charge in [0.1, 0.15) is 0 Å². The average molecular weight is 405 g/mol. The van der Waals surface area contributed by atoms with Crippen molar-refractivity contribution in [3.63, 3.8) is 0 Å². The molecule has 1 unspecified atom stereocenters. The van der Waals surface area contributed by atoms with Crippen LogP contribution in [0.2, 0.25) is 0 Å². The van der Waals surface area contributed by atoms with E-state index in [1.807, 2.05) is 0 Å². The summed E-state index contributed by atoms with van der Waals surface area (Å²) in [5, 5.41) is 4.29. The number of carbonyl (C=O) groups is 3. The number of urea groups is 1. The smallest absolute Gasteiger partial charge is 0.341 e. The minimum absolute atomic E-state index is 0.00789. The van der Waals surface area contributed by atoms with Crippen LogP contribution in [0.15, 0.2) is 54.6 Å². The molecule has 0 radical (unpaired) electrons. The maximum atomic E-state index is 12.7. The average Bonchev–Trinajstić information content (AvgIpc) is 2.65. The van der Waals surface area contributed by atoms with Crippen LogP contribution in [-0.2, 0) is 19.6 Å². The highest BCUT2D eigenvalue weighted by molar-refractivity contribution is 7.92. The minimum Gasteiger partial charge on any atom is -0.444 e. The highest BCUT2D eigenvalue weighted by Gasteiger charge is 2.28. The number of amides is 3. The molecule has 0 saturated heterocycles. The number of esters is 1. The molecule has 28 heavy (non-hydrogen) atoms. The number of anilines is 1. The summed E-state index contributed by atoms with van der Waals surface area (Å²) in [4.78, 5) is 36.6. The van der Waals surface area contributed by atoms with Crippen LogP contribution in [0.4, 0.5) is 10.5 Å². The van der Waals surface area contributed by atoms with E-state index >= 15 is 0 Å². The molecule has 10 heteroatoms. The number of para-hydroxylation sites is 1. The van der Waals surface area contributed by atoms with Gasteiger partial charge in [-0.2, -0.15) is 0 Å². The molecule has 2 rings (SSSR count). The van der Waals surface area contributed by atoms with E-state index in [9.17, 15) is 22.8 Å². The predicted molar refractivity (Wildman–Crippen MR) is 102 cm³/mol. The lowest BCUT2D eigenvalue weighted by Crippen LogP contribution is -2.41. The van der Waals surface area contributed by atoms with E-state index in [4.69, 9.17) is 4.74 Å². The highest BCUT2D eigenvalue weighted by Crippen LogP contribution is 2.23. The largest absolute Gasteiger partial charge is 0.444 e. The Morgan fingerprint density at radius 2 is 1.57 bits per heavy atom. The molecule has 0 saturated carbocycles. The van der Waals surface area contributed by atoms with Crippen molar-refractivity contribution < 1.29 is 27.5 Å². The van der Waals surface area contributed by atoms with Crippen molar-refractivity contribution in [1.29, 1.82) is 0 Å². The van der Waals surface area contributed by atoms with Crippen LogP contribution in [0.1, 0.15) is 22.0 Å². The Bertz CT molecular complexity index is 976. The molecule has 0 spiro atoms. The first-order valence-corrected chi connectivity index (χ1v) is 9.95. The van der Waals surface area contributed by atoms with E-state index in [1.165, 1.54) is 31.3 Å². The number of imide groups is 1. The second kappa shape index (κ2) is 9.00. The fraction of sp³-hybridized carbons (Fsp3) is 0.167. The summed E-state index contributed by atoms with van der Waals surface area (Å²) in [5.41, 5.74) is 0.265. The van der Waals surface area contributed by atoms with E-state index in [0.29, 0.717) is 5.56 Å². The zero-order valence-corrected chi connectivity index (χ0v) is 15.9. The molecule has 3 N–H and O–H groups in total. The summed E-state index contributed by atoms with van der Waals surface area (Å²) in [6, 6.07) is 13.2. The molecule has 2 aromatic rings. The Labute approximate surface area is 162 Å². The van der Waals surface area contributed by atoms with E-state index in [0.717, 1.165) is 6.26 Å². The van der Waals surface area contributed by atoms with Gasteiger partial charge in [0.25, 0.3) is 5.91 Å². The van der Waals surface area contributed by atoms with Crippen LogP contribution in [0.25, 0.3) is 0 Å². The van der Waals surface area contributed by atoms with Gasteiger partial charge in [-0.05, 0) is 12.1 Å². The third kappa shape index (κ3) is 5.81. The van der Waals surface area contributed by atoms with Gasteiger partial charge in [0.15, 0.2) is 0 Å². The van der Waals surface area contributed by atoms with Crippen molar-refractivity contribution >= 4 is 33.6 Å². The van der Waals surface area contributed by atoms with Crippen LogP contribution in [0.3, 0.4) is 0 Å². The first-order valence-electron chi connectivity index (χ1n) is 8.06. The summed E-state index contributed by atoms with van der Waals surface area (Å²) < 4.78 is 30.6. The van der Waals surface area contributed by atoms with Crippen molar-refractivity contribution in [3.8, 4) is 0 Å². The fourth-order valence-electron chi connectivity index (χ4n) is 2.26. The molecule has 0 aromatic heterocycles. The molecule has 0 aliphatic heterocycles. The first kappa shape index (κ1) is 20.9. The Morgan fingerprint density at radius 1 is 0.964 bits per heavy atom. The summed E-state index contributed by atoms with van der Waals surface area (Å²) in [5.74, 6) is -1.79. The lowest BCUT2D eigenvalue weighted by atomic mass is 10.1. The molecular formula is C18H19N3O6S. The lowest BCUT2D eigenvalue weighted by Gasteiger charge is -2.18. The molecule has 0 aliphatic rings. The van der Waals surface area contributed by atoms with Crippen LogP contribution in [0, 0.1) is 0 Å². The molecule has 9 nitrogen and oxygen atoms in total. The number of benzene rings is 2. The molecule has 1 atom stereocenters.